The third kappa shape index (κ3) is 3.61. The van der Waals surface area contributed by atoms with Gasteiger partial charge in [0.15, 0.2) is 0 Å². The molecular weight excluding hydrogens is 248 g/mol. The minimum absolute atomic E-state index is 0.355. The zero-order valence-electron chi connectivity index (χ0n) is 10.2. The number of rotatable bonds is 3. The van der Waals surface area contributed by atoms with E-state index < -0.39 is 5.97 Å². The Balaban J connectivity index is 2.13. The van der Waals surface area contributed by atoms with Gasteiger partial charge in [0.2, 0.25) is 0 Å². The first kappa shape index (κ1) is 13.2. The third-order valence-electron chi connectivity index (χ3n) is 3.47. The molecule has 0 unspecified atom stereocenters. The van der Waals surface area contributed by atoms with Gasteiger partial charge in [0.05, 0.1) is 0 Å². The summed E-state index contributed by atoms with van der Waals surface area (Å²) in [5, 5.41) is 9.64. The molecule has 1 saturated carbocycles. The van der Waals surface area contributed by atoms with E-state index >= 15 is 0 Å². The van der Waals surface area contributed by atoms with Crippen LogP contribution in [0.3, 0.4) is 0 Å². The number of carboxylic acid groups (broad SMARTS) is 1. The molecule has 0 spiro atoms. The summed E-state index contributed by atoms with van der Waals surface area (Å²) in [5.74, 6) is -0.476. The van der Waals surface area contributed by atoms with Crippen LogP contribution >= 0.6 is 11.6 Å². The molecule has 0 bridgehead atoms. The summed E-state index contributed by atoms with van der Waals surface area (Å²) in [6.07, 6.45) is 6.56. The fourth-order valence-corrected chi connectivity index (χ4v) is 2.85. The summed E-state index contributed by atoms with van der Waals surface area (Å²) in [6.45, 7) is 0. The van der Waals surface area contributed by atoms with Gasteiger partial charge in [0, 0.05) is 11.1 Å². The van der Waals surface area contributed by atoms with Crippen molar-refractivity contribution in [1.29, 1.82) is 0 Å². The summed E-state index contributed by atoms with van der Waals surface area (Å²) >= 11 is 5.97. The van der Waals surface area contributed by atoms with Crippen molar-refractivity contribution >= 4 is 17.6 Å². The Labute approximate surface area is 112 Å². The molecule has 1 atom stereocenters. The second kappa shape index (κ2) is 6.05. The van der Waals surface area contributed by atoms with Crippen LogP contribution in [0.1, 0.15) is 31.2 Å². The van der Waals surface area contributed by atoms with Crippen molar-refractivity contribution in [1.82, 2.24) is 0 Å². The van der Waals surface area contributed by atoms with Crippen LogP contribution in [-0.2, 0) is 11.2 Å². The van der Waals surface area contributed by atoms with Gasteiger partial charge in [-0.3, -0.25) is 0 Å². The molecule has 1 N–H and O–H groups in total. The highest BCUT2D eigenvalue weighted by molar-refractivity contribution is 6.30. The van der Waals surface area contributed by atoms with E-state index in [-0.39, 0.29) is 0 Å². The molecule has 0 radical (unpaired) electrons. The van der Waals surface area contributed by atoms with Gasteiger partial charge in [0.25, 0.3) is 0 Å². The molecule has 1 aliphatic carbocycles. The number of benzene rings is 1. The molecule has 0 heterocycles. The van der Waals surface area contributed by atoms with Crippen LogP contribution < -0.4 is 0 Å². The molecule has 2 rings (SSSR count). The van der Waals surface area contributed by atoms with Crippen LogP contribution in [0.15, 0.2) is 35.9 Å². The third-order valence-corrected chi connectivity index (χ3v) is 3.71. The molecule has 0 saturated heterocycles. The molecule has 18 heavy (non-hydrogen) atoms. The Kier molecular flexibility index (Phi) is 4.43. The first-order chi connectivity index (χ1) is 8.65. The Morgan fingerprint density at radius 3 is 3.00 bits per heavy atom. The van der Waals surface area contributed by atoms with Crippen molar-refractivity contribution in [3.8, 4) is 0 Å². The van der Waals surface area contributed by atoms with E-state index in [1.807, 2.05) is 18.2 Å². The minimum Gasteiger partial charge on any atom is -0.478 e. The van der Waals surface area contributed by atoms with Crippen molar-refractivity contribution in [2.75, 3.05) is 0 Å². The number of carbonyl (C=O) groups is 1. The van der Waals surface area contributed by atoms with Crippen molar-refractivity contribution in [2.45, 2.75) is 32.1 Å². The van der Waals surface area contributed by atoms with E-state index in [1.165, 1.54) is 18.1 Å². The predicted octanol–water partition coefficient (Wildman–Crippen LogP) is 4.08. The maximum absolute atomic E-state index is 10.8. The van der Waals surface area contributed by atoms with Gasteiger partial charge in [-0.2, -0.15) is 0 Å². The second-order valence-corrected chi connectivity index (χ2v) is 5.27. The molecule has 2 nitrogen and oxygen atoms in total. The Hall–Kier alpha value is -1.28. The maximum atomic E-state index is 10.8. The lowest BCUT2D eigenvalue weighted by molar-refractivity contribution is -0.131. The molecule has 3 heteroatoms. The van der Waals surface area contributed by atoms with Gasteiger partial charge in [-0.05, 0) is 49.3 Å². The normalized spacial score (nSPS) is 22.1. The molecular formula is C15H17ClO2. The van der Waals surface area contributed by atoms with Crippen LogP contribution in [0.25, 0.3) is 0 Å². The first-order valence-electron chi connectivity index (χ1n) is 6.33. The maximum Gasteiger partial charge on any atom is 0.328 e. The summed E-state index contributed by atoms with van der Waals surface area (Å²) in [4.78, 5) is 10.8. The average Bonchev–Trinajstić information content (AvgIpc) is 2.31. The van der Waals surface area contributed by atoms with Gasteiger partial charge in [-0.25, -0.2) is 4.79 Å². The molecule has 1 aliphatic rings. The number of aliphatic carboxylic acids is 1. The predicted molar refractivity (Wildman–Crippen MR) is 72.8 cm³/mol. The van der Waals surface area contributed by atoms with Gasteiger partial charge in [-0.15, -0.1) is 0 Å². The monoisotopic (exact) mass is 264 g/mol. The van der Waals surface area contributed by atoms with E-state index in [0.717, 1.165) is 36.3 Å². The lowest BCUT2D eigenvalue weighted by Crippen LogP contribution is -2.14. The number of hydrogen-bond acceptors (Lipinski definition) is 1. The summed E-state index contributed by atoms with van der Waals surface area (Å²) in [6, 6.07) is 7.83. The molecule has 0 aromatic heterocycles. The largest absolute Gasteiger partial charge is 0.478 e. The summed E-state index contributed by atoms with van der Waals surface area (Å²) < 4.78 is 0. The van der Waals surface area contributed by atoms with Crippen LogP contribution in [0.4, 0.5) is 0 Å². The Morgan fingerprint density at radius 1 is 1.44 bits per heavy atom. The smallest absolute Gasteiger partial charge is 0.328 e. The van der Waals surface area contributed by atoms with Gasteiger partial charge < -0.3 is 5.11 Å². The molecule has 1 fully saturated rings. The molecule has 96 valence electrons. The number of allylic oxidation sites excluding steroid dienone is 1. The fourth-order valence-electron chi connectivity index (χ4n) is 2.64. The van der Waals surface area contributed by atoms with Gasteiger partial charge in [0.1, 0.15) is 0 Å². The highest BCUT2D eigenvalue weighted by Gasteiger charge is 2.20. The van der Waals surface area contributed by atoms with Gasteiger partial charge >= 0.3 is 5.97 Å². The molecule has 0 amide bonds. The summed E-state index contributed by atoms with van der Waals surface area (Å²) in [7, 11) is 0. The fraction of sp³-hybridized carbons (Fsp3) is 0.400. The van der Waals surface area contributed by atoms with Crippen molar-refractivity contribution in [2.24, 2.45) is 5.92 Å². The van der Waals surface area contributed by atoms with E-state index in [1.54, 1.807) is 0 Å². The number of halogens is 1. The molecule has 1 aromatic rings. The van der Waals surface area contributed by atoms with E-state index in [9.17, 15) is 4.79 Å². The standard InChI is InChI=1S/C15H17ClO2/c16-14-7-3-4-11(9-14)8-12-5-1-2-6-13(12)10-15(17)18/h3-4,7,9-10,12H,1-2,5-6,8H2,(H,17,18)/b13-10+/t12-/m0/s1. The number of carboxylic acids is 1. The van der Waals surface area contributed by atoms with Crippen molar-refractivity contribution in [3.63, 3.8) is 0 Å². The van der Waals surface area contributed by atoms with Crippen molar-refractivity contribution in [3.05, 3.63) is 46.5 Å². The lowest BCUT2D eigenvalue weighted by atomic mass is 9.80. The van der Waals surface area contributed by atoms with E-state index in [2.05, 4.69) is 6.07 Å². The van der Waals surface area contributed by atoms with Crippen LogP contribution in [-0.4, -0.2) is 11.1 Å². The van der Waals surface area contributed by atoms with Crippen LogP contribution in [0, 0.1) is 5.92 Å². The zero-order valence-corrected chi connectivity index (χ0v) is 11.0. The molecule has 0 aliphatic heterocycles. The number of hydrogen-bond donors (Lipinski definition) is 1. The topological polar surface area (TPSA) is 37.3 Å². The summed E-state index contributed by atoms with van der Waals surface area (Å²) in [5.41, 5.74) is 2.26. The molecule has 1 aromatic carbocycles. The second-order valence-electron chi connectivity index (χ2n) is 4.83. The highest BCUT2D eigenvalue weighted by atomic mass is 35.5. The lowest BCUT2D eigenvalue weighted by Gasteiger charge is -2.25. The first-order valence-corrected chi connectivity index (χ1v) is 6.71. The Bertz CT molecular complexity index is 465. The van der Waals surface area contributed by atoms with Gasteiger partial charge in [-0.1, -0.05) is 35.7 Å². The minimum atomic E-state index is -0.831. The average molecular weight is 265 g/mol. The van der Waals surface area contributed by atoms with Crippen LogP contribution in [0.5, 0.6) is 0 Å². The highest BCUT2D eigenvalue weighted by Crippen LogP contribution is 2.32. The van der Waals surface area contributed by atoms with Crippen LogP contribution in [0.2, 0.25) is 5.02 Å². The SMILES string of the molecule is O=C(O)/C=C1\CCCC[C@H]1Cc1cccc(Cl)c1. The van der Waals surface area contributed by atoms with E-state index in [0.29, 0.717) is 5.92 Å². The van der Waals surface area contributed by atoms with E-state index in [4.69, 9.17) is 16.7 Å². The zero-order chi connectivity index (χ0) is 13.0. The quantitative estimate of drug-likeness (QED) is 0.835. The van der Waals surface area contributed by atoms with Crippen molar-refractivity contribution < 1.29 is 9.90 Å². The Morgan fingerprint density at radius 2 is 2.28 bits per heavy atom.